The molecule has 0 aliphatic carbocycles. The number of carbonyl (C=O) groups excluding carboxylic acids is 3. The van der Waals surface area contributed by atoms with Crippen LogP contribution in [-0.2, 0) is 45.6 Å². The van der Waals surface area contributed by atoms with Crippen molar-refractivity contribution in [3.05, 3.63) is 82.9 Å². The second kappa shape index (κ2) is 9.68. The number of aryl methyl sites for hydroxylation is 1. The minimum absolute atomic E-state index is 0.250. The van der Waals surface area contributed by atoms with Crippen LogP contribution in [0.15, 0.2) is 66.2 Å². The highest BCUT2D eigenvalue weighted by atomic mass is 32.2. The van der Waals surface area contributed by atoms with Crippen molar-refractivity contribution in [1.82, 2.24) is 0 Å². The summed E-state index contributed by atoms with van der Waals surface area (Å²) in [6.45, 7) is 2.02. The van der Waals surface area contributed by atoms with Crippen LogP contribution < -0.4 is 5.73 Å². The number of Topliss-reactive ketones (excluding diaryl/α,β-unsaturated/α-hetero) is 1. The first-order chi connectivity index (χ1) is 13.8. The van der Waals surface area contributed by atoms with E-state index in [0.717, 1.165) is 12.0 Å². The Balaban J connectivity index is 0.000000941. The van der Waals surface area contributed by atoms with E-state index in [1.807, 2.05) is 19.1 Å². The minimum Gasteiger partial charge on any atom is -0.460 e. The van der Waals surface area contributed by atoms with Gasteiger partial charge in [-0.15, -0.1) is 0 Å². The van der Waals surface area contributed by atoms with Crippen molar-refractivity contribution in [3.63, 3.8) is 0 Å². The number of carbonyl (C=O) groups is 1. The predicted molar refractivity (Wildman–Crippen MR) is 101 cm³/mol. The molecule has 152 valence electrons. The Kier molecular flexibility index (Phi) is 7.30. The summed E-state index contributed by atoms with van der Waals surface area (Å²) >= 11 is 0. The quantitative estimate of drug-likeness (QED) is 0.706. The fraction of sp³-hybridized carbons (Fsp3) is 0.200. The van der Waals surface area contributed by atoms with Crippen molar-refractivity contribution in [1.29, 1.82) is 0 Å². The van der Waals surface area contributed by atoms with E-state index < -0.39 is 27.8 Å². The van der Waals surface area contributed by atoms with Gasteiger partial charge in [-0.3, -0.25) is 4.79 Å². The fourth-order valence-electron chi connectivity index (χ4n) is 2.64. The van der Waals surface area contributed by atoms with Gasteiger partial charge in [0.2, 0.25) is 17.4 Å². The Morgan fingerprint density at radius 1 is 1.03 bits per heavy atom. The number of hydrogen-bond donors (Lipinski definition) is 1. The lowest BCUT2D eigenvalue weighted by Gasteiger charge is -2.10. The normalized spacial score (nSPS) is 15.8. The summed E-state index contributed by atoms with van der Waals surface area (Å²) < 4.78 is 34.8. The number of benzene rings is 2. The molecule has 0 saturated carbocycles. The summed E-state index contributed by atoms with van der Waals surface area (Å²) in [7, 11) is -4.04. The molecule has 2 aromatic carbocycles. The molecule has 2 N–H and O–H groups in total. The van der Waals surface area contributed by atoms with E-state index in [2.05, 4.69) is 0 Å². The summed E-state index contributed by atoms with van der Waals surface area (Å²) in [6, 6.07) is 15.8. The number of hydrogen-bond acceptors (Lipinski definition) is 8. The van der Waals surface area contributed by atoms with Crippen LogP contribution in [-0.4, -0.2) is 20.4 Å². The van der Waals surface area contributed by atoms with E-state index in [1.54, 1.807) is 42.5 Å². The number of ether oxygens (including phenoxy) is 1. The van der Waals surface area contributed by atoms with Gasteiger partial charge in [0.15, 0.2) is 6.10 Å². The summed E-state index contributed by atoms with van der Waals surface area (Å²) in [6.07, 6.45) is 0.120. The minimum atomic E-state index is -4.04. The molecule has 1 aliphatic rings. The molecule has 0 radical (unpaired) electrons. The Morgan fingerprint density at radius 3 is 2.17 bits per heavy atom. The van der Waals surface area contributed by atoms with Gasteiger partial charge in [0.1, 0.15) is 5.75 Å². The molecule has 9 heteroatoms. The molecule has 1 aliphatic heterocycles. The van der Waals surface area contributed by atoms with E-state index >= 15 is 0 Å². The van der Waals surface area contributed by atoms with E-state index in [1.165, 1.54) is 0 Å². The third kappa shape index (κ3) is 5.78. The highest BCUT2D eigenvalue weighted by Gasteiger charge is 2.39. The molecule has 0 fully saturated rings. The molecule has 1 unspecified atom stereocenters. The van der Waals surface area contributed by atoms with Crippen molar-refractivity contribution in [2.45, 2.75) is 25.2 Å². The molecule has 8 nitrogen and oxygen atoms in total. The topological polar surface area (TPSA) is 130 Å². The van der Waals surface area contributed by atoms with Crippen molar-refractivity contribution < 1.29 is 31.7 Å². The van der Waals surface area contributed by atoms with Gasteiger partial charge in [0.05, 0.1) is 0 Å². The lowest BCUT2D eigenvalue weighted by molar-refractivity contribution is -0.191. The molecule has 1 atom stereocenters. The summed E-state index contributed by atoms with van der Waals surface area (Å²) in [5.74, 6) is -1.77. The van der Waals surface area contributed by atoms with Gasteiger partial charge in [-0.05, 0) is 17.5 Å². The molecule has 3 rings (SSSR count). The third-order valence-corrected chi connectivity index (χ3v) is 5.13. The van der Waals surface area contributed by atoms with Crippen LogP contribution in [0.5, 0.6) is 0 Å². The van der Waals surface area contributed by atoms with Crippen molar-refractivity contribution in [3.8, 4) is 0 Å². The zero-order valence-corrected chi connectivity index (χ0v) is 16.3. The average molecular weight is 417 g/mol. The second-order valence-electron chi connectivity index (χ2n) is 6.00. The fourth-order valence-corrected chi connectivity index (χ4v) is 3.72. The number of nitrogens with two attached hydrogens (primary N) is 1. The van der Waals surface area contributed by atoms with Gasteiger partial charge in [-0.1, -0.05) is 61.5 Å². The zero-order valence-electron chi connectivity index (χ0n) is 15.5. The Labute approximate surface area is 168 Å². The van der Waals surface area contributed by atoms with Crippen LogP contribution in [0.3, 0.4) is 0 Å². The first kappa shape index (κ1) is 21.9. The Bertz CT molecular complexity index is 1020. The molecule has 2 aromatic rings. The molecule has 0 spiro atoms. The number of ketones is 1. The second-order valence-corrected chi connectivity index (χ2v) is 7.58. The molecular formula is C20H19NO7S. The lowest BCUT2D eigenvalue weighted by Crippen LogP contribution is -2.16. The maximum absolute atomic E-state index is 12.5. The maximum atomic E-state index is 12.5. The molecule has 1 heterocycles. The molecule has 0 saturated heterocycles. The SMILES string of the molecule is CCc1ccc(C2OC(N)=C(OS(=O)(=O)Cc3ccccc3)C2=O)cc1.O=C=O. The first-order valence-electron chi connectivity index (χ1n) is 8.56. The number of rotatable bonds is 6. The third-order valence-electron chi connectivity index (χ3n) is 4.02. The van der Waals surface area contributed by atoms with E-state index in [-0.39, 0.29) is 17.8 Å². The Morgan fingerprint density at radius 2 is 1.62 bits per heavy atom. The summed E-state index contributed by atoms with van der Waals surface area (Å²) in [5, 5.41) is 0. The Hall–Kier alpha value is -3.42. The van der Waals surface area contributed by atoms with Gasteiger partial charge in [0, 0.05) is 5.56 Å². The van der Waals surface area contributed by atoms with Crippen molar-refractivity contribution in [2.24, 2.45) is 5.73 Å². The molecule has 0 bridgehead atoms. The smallest absolute Gasteiger partial charge is 0.373 e. The van der Waals surface area contributed by atoms with Gasteiger partial charge < -0.3 is 14.7 Å². The molecular weight excluding hydrogens is 398 g/mol. The lowest BCUT2D eigenvalue weighted by atomic mass is 10.0. The largest absolute Gasteiger partial charge is 0.460 e. The van der Waals surface area contributed by atoms with Gasteiger partial charge in [-0.2, -0.15) is 18.0 Å². The van der Waals surface area contributed by atoms with Crippen LogP contribution in [0, 0.1) is 0 Å². The van der Waals surface area contributed by atoms with Crippen LogP contribution in [0.25, 0.3) is 0 Å². The van der Waals surface area contributed by atoms with E-state index in [4.69, 9.17) is 24.2 Å². The highest BCUT2D eigenvalue weighted by Crippen LogP contribution is 2.32. The molecule has 29 heavy (non-hydrogen) atoms. The summed E-state index contributed by atoms with van der Waals surface area (Å²) in [5.41, 5.74) is 7.95. The molecule has 0 aromatic heterocycles. The highest BCUT2D eigenvalue weighted by molar-refractivity contribution is 7.86. The zero-order chi connectivity index (χ0) is 21.4. The van der Waals surface area contributed by atoms with Crippen molar-refractivity contribution in [2.75, 3.05) is 0 Å². The molecule has 0 amide bonds. The van der Waals surface area contributed by atoms with Crippen molar-refractivity contribution >= 4 is 22.1 Å². The maximum Gasteiger partial charge on any atom is 0.373 e. The van der Waals surface area contributed by atoms with E-state index in [9.17, 15) is 13.2 Å². The van der Waals surface area contributed by atoms with Crippen LogP contribution in [0.2, 0.25) is 0 Å². The standard InChI is InChI=1S/C19H19NO5S.CO2/c1-2-13-8-10-15(11-9-13)17-16(21)18(19(20)24-17)25-26(22,23)12-14-6-4-3-5-7-14;2-1-3/h3-11,17H,2,12,20H2,1H3;. The van der Waals surface area contributed by atoms with E-state index in [0.29, 0.717) is 11.1 Å². The summed E-state index contributed by atoms with van der Waals surface area (Å²) in [4.78, 5) is 28.8. The predicted octanol–water partition coefficient (Wildman–Crippen LogP) is 1.98. The average Bonchev–Trinajstić information content (AvgIpc) is 2.97. The van der Waals surface area contributed by atoms with Crippen LogP contribution >= 0.6 is 0 Å². The van der Waals surface area contributed by atoms with Crippen LogP contribution in [0.4, 0.5) is 0 Å². The van der Waals surface area contributed by atoms with Gasteiger partial charge >= 0.3 is 16.3 Å². The van der Waals surface area contributed by atoms with Gasteiger partial charge in [-0.25, -0.2) is 0 Å². The monoisotopic (exact) mass is 417 g/mol. The van der Waals surface area contributed by atoms with Crippen LogP contribution in [0.1, 0.15) is 29.7 Å². The first-order valence-corrected chi connectivity index (χ1v) is 10.1. The van der Waals surface area contributed by atoms with Gasteiger partial charge in [0.25, 0.3) is 0 Å².